The summed E-state index contributed by atoms with van der Waals surface area (Å²) in [5.41, 5.74) is 4.97. The highest BCUT2D eigenvalue weighted by atomic mass is 32.1. The normalized spacial score (nSPS) is 24.3. The number of hydrogen-bond donors (Lipinski definition) is 2. The van der Waals surface area contributed by atoms with E-state index in [1.165, 1.54) is 12.1 Å². The van der Waals surface area contributed by atoms with E-state index in [-0.39, 0.29) is 22.3 Å². The third-order valence-electron chi connectivity index (χ3n) is 3.65. The first-order valence-corrected chi connectivity index (χ1v) is 6.91. The van der Waals surface area contributed by atoms with Crippen molar-refractivity contribution in [2.24, 2.45) is 17.1 Å². The molecule has 1 saturated carbocycles. The number of rotatable bonds is 5. The van der Waals surface area contributed by atoms with Crippen molar-refractivity contribution in [3.05, 3.63) is 24.3 Å². The summed E-state index contributed by atoms with van der Waals surface area (Å²) in [5.74, 6) is -0.116. The molecule has 0 aromatic heterocycles. The summed E-state index contributed by atoms with van der Waals surface area (Å²) in [6.45, 7) is -0.964. The van der Waals surface area contributed by atoms with Gasteiger partial charge in [0.25, 0.3) is 0 Å². The summed E-state index contributed by atoms with van der Waals surface area (Å²) in [6.07, 6.45) is 1.12. The summed E-state index contributed by atoms with van der Waals surface area (Å²) < 4.78 is 29.1. The van der Waals surface area contributed by atoms with Crippen LogP contribution in [0, 0.1) is 11.3 Å². The van der Waals surface area contributed by atoms with Crippen molar-refractivity contribution in [2.75, 3.05) is 5.32 Å². The standard InChI is InChI=1S/C14H16F2N2O2S/c1-8-6-14(7-8,11(17)21)12(19)18-9-4-2-3-5-10(9)20-13(15)16/h2-5,8,13H,6-7H2,1H3,(H2,17,21)(H,18,19). The van der Waals surface area contributed by atoms with Gasteiger partial charge < -0.3 is 15.8 Å². The number of amides is 1. The van der Waals surface area contributed by atoms with Gasteiger partial charge in [-0.2, -0.15) is 8.78 Å². The summed E-state index contributed by atoms with van der Waals surface area (Å²) in [6, 6.07) is 6.01. The van der Waals surface area contributed by atoms with Crippen LogP contribution in [-0.2, 0) is 4.79 Å². The summed E-state index contributed by atoms with van der Waals surface area (Å²) in [4.78, 5) is 12.6. The van der Waals surface area contributed by atoms with Gasteiger partial charge in [0.15, 0.2) is 0 Å². The molecular weight excluding hydrogens is 298 g/mol. The van der Waals surface area contributed by atoms with Gasteiger partial charge in [0, 0.05) is 0 Å². The maximum Gasteiger partial charge on any atom is 0.387 e. The van der Waals surface area contributed by atoms with Crippen LogP contribution in [0.2, 0.25) is 0 Å². The number of carbonyl (C=O) groups excluding carboxylic acids is 1. The summed E-state index contributed by atoms with van der Waals surface area (Å²) >= 11 is 4.99. The molecule has 4 nitrogen and oxygen atoms in total. The average molecular weight is 314 g/mol. The molecule has 21 heavy (non-hydrogen) atoms. The molecule has 7 heteroatoms. The Labute approximate surface area is 126 Å². The van der Waals surface area contributed by atoms with Gasteiger partial charge in [-0.3, -0.25) is 4.79 Å². The van der Waals surface area contributed by atoms with E-state index in [1.54, 1.807) is 12.1 Å². The second-order valence-electron chi connectivity index (χ2n) is 5.29. The molecule has 1 aliphatic carbocycles. The number of nitrogens with two attached hydrogens (primary N) is 1. The molecule has 1 aromatic rings. The Morgan fingerprint density at radius 2 is 2.10 bits per heavy atom. The van der Waals surface area contributed by atoms with Crippen LogP contribution >= 0.6 is 12.2 Å². The van der Waals surface area contributed by atoms with Gasteiger partial charge in [-0.05, 0) is 30.9 Å². The summed E-state index contributed by atoms with van der Waals surface area (Å²) in [5, 5.41) is 2.60. The van der Waals surface area contributed by atoms with Gasteiger partial charge in [-0.15, -0.1) is 0 Å². The third-order valence-corrected chi connectivity index (χ3v) is 4.04. The first-order chi connectivity index (χ1) is 9.85. The quantitative estimate of drug-likeness (QED) is 0.820. The minimum absolute atomic E-state index is 0.0914. The van der Waals surface area contributed by atoms with E-state index >= 15 is 0 Å². The highest BCUT2D eigenvalue weighted by molar-refractivity contribution is 7.80. The van der Waals surface area contributed by atoms with Gasteiger partial charge in [0.05, 0.1) is 16.1 Å². The Bertz CT molecular complexity index is 560. The predicted molar refractivity (Wildman–Crippen MR) is 79.3 cm³/mol. The fourth-order valence-corrected chi connectivity index (χ4v) is 2.90. The number of anilines is 1. The van der Waals surface area contributed by atoms with Crippen molar-refractivity contribution >= 4 is 28.8 Å². The van der Waals surface area contributed by atoms with E-state index in [0.29, 0.717) is 18.8 Å². The Kier molecular flexibility index (Phi) is 4.41. The molecule has 1 aliphatic rings. The van der Waals surface area contributed by atoms with Crippen LogP contribution in [0.4, 0.5) is 14.5 Å². The second-order valence-corrected chi connectivity index (χ2v) is 5.73. The molecule has 0 atom stereocenters. The van der Waals surface area contributed by atoms with Crippen LogP contribution in [0.25, 0.3) is 0 Å². The van der Waals surface area contributed by atoms with Crippen LogP contribution < -0.4 is 15.8 Å². The van der Waals surface area contributed by atoms with Crippen LogP contribution in [0.15, 0.2) is 24.3 Å². The SMILES string of the molecule is CC1CC(C(=O)Nc2ccccc2OC(F)F)(C(N)=S)C1. The number of para-hydroxylation sites is 2. The highest BCUT2D eigenvalue weighted by Crippen LogP contribution is 2.46. The van der Waals surface area contributed by atoms with E-state index in [1.807, 2.05) is 6.92 Å². The molecule has 0 radical (unpaired) electrons. The average Bonchev–Trinajstić information content (AvgIpc) is 2.36. The first-order valence-electron chi connectivity index (χ1n) is 6.50. The number of halogens is 2. The van der Waals surface area contributed by atoms with Crippen molar-refractivity contribution in [1.29, 1.82) is 0 Å². The second kappa shape index (κ2) is 5.93. The van der Waals surface area contributed by atoms with Crippen molar-refractivity contribution in [3.63, 3.8) is 0 Å². The van der Waals surface area contributed by atoms with Crippen molar-refractivity contribution in [2.45, 2.75) is 26.4 Å². The fourth-order valence-electron chi connectivity index (χ4n) is 2.64. The Hall–Kier alpha value is -1.76. The lowest BCUT2D eigenvalue weighted by Gasteiger charge is -2.44. The maximum atomic E-state index is 12.4. The Balaban J connectivity index is 2.18. The van der Waals surface area contributed by atoms with Gasteiger partial charge in [-0.1, -0.05) is 31.3 Å². The Morgan fingerprint density at radius 1 is 1.48 bits per heavy atom. The molecule has 0 bridgehead atoms. The molecule has 0 aliphatic heterocycles. The minimum Gasteiger partial charge on any atom is -0.433 e. The number of hydrogen-bond acceptors (Lipinski definition) is 3. The third kappa shape index (κ3) is 3.12. The molecule has 1 aromatic carbocycles. The molecule has 1 fully saturated rings. The van der Waals surface area contributed by atoms with Crippen LogP contribution in [0.5, 0.6) is 5.75 Å². The number of alkyl halides is 2. The number of benzene rings is 1. The minimum atomic E-state index is -2.96. The van der Waals surface area contributed by atoms with Gasteiger partial charge in [-0.25, -0.2) is 0 Å². The van der Waals surface area contributed by atoms with Crippen LogP contribution in [0.1, 0.15) is 19.8 Å². The fraction of sp³-hybridized carbons (Fsp3) is 0.429. The highest BCUT2D eigenvalue weighted by Gasteiger charge is 2.51. The smallest absolute Gasteiger partial charge is 0.387 e. The van der Waals surface area contributed by atoms with Gasteiger partial charge in [0.2, 0.25) is 5.91 Å². The summed E-state index contributed by atoms with van der Waals surface area (Å²) in [7, 11) is 0. The molecule has 0 unspecified atom stereocenters. The lowest BCUT2D eigenvalue weighted by atomic mass is 9.62. The molecule has 0 saturated heterocycles. The molecular formula is C14H16F2N2O2S. The van der Waals surface area contributed by atoms with Gasteiger partial charge >= 0.3 is 6.61 Å². The molecule has 114 valence electrons. The van der Waals surface area contributed by atoms with E-state index in [0.717, 1.165) is 0 Å². The topological polar surface area (TPSA) is 64.3 Å². The van der Waals surface area contributed by atoms with Crippen molar-refractivity contribution < 1.29 is 18.3 Å². The van der Waals surface area contributed by atoms with Crippen LogP contribution in [-0.4, -0.2) is 17.5 Å². The van der Waals surface area contributed by atoms with E-state index < -0.39 is 12.0 Å². The number of thiocarbonyl (C=S) groups is 1. The van der Waals surface area contributed by atoms with Crippen molar-refractivity contribution in [1.82, 2.24) is 0 Å². The molecule has 0 heterocycles. The molecule has 2 rings (SSSR count). The monoisotopic (exact) mass is 314 g/mol. The lowest BCUT2D eigenvalue weighted by molar-refractivity contribution is -0.127. The number of ether oxygens (including phenoxy) is 1. The van der Waals surface area contributed by atoms with E-state index in [2.05, 4.69) is 10.1 Å². The predicted octanol–water partition coefficient (Wildman–Crippen LogP) is 2.93. The molecule has 3 N–H and O–H groups in total. The zero-order valence-electron chi connectivity index (χ0n) is 11.4. The largest absolute Gasteiger partial charge is 0.433 e. The first kappa shape index (κ1) is 15.6. The zero-order valence-corrected chi connectivity index (χ0v) is 12.3. The lowest BCUT2D eigenvalue weighted by Crippen LogP contribution is -2.53. The molecule has 0 spiro atoms. The van der Waals surface area contributed by atoms with E-state index in [4.69, 9.17) is 18.0 Å². The van der Waals surface area contributed by atoms with E-state index in [9.17, 15) is 13.6 Å². The number of carbonyl (C=O) groups is 1. The molecule has 1 amide bonds. The zero-order chi connectivity index (χ0) is 15.6. The maximum absolute atomic E-state index is 12.4. The van der Waals surface area contributed by atoms with Crippen molar-refractivity contribution in [3.8, 4) is 5.75 Å². The van der Waals surface area contributed by atoms with Gasteiger partial charge in [0.1, 0.15) is 5.75 Å². The Morgan fingerprint density at radius 3 is 2.62 bits per heavy atom. The van der Waals surface area contributed by atoms with Crippen LogP contribution in [0.3, 0.4) is 0 Å². The number of nitrogens with one attached hydrogen (secondary N) is 1.